The summed E-state index contributed by atoms with van der Waals surface area (Å²) in [5, 5.41) is 2.80. The lowest BCUT2D eigenvalue weighted by molar-refractivity contribution is 0.978. The lowest BCUT2D eigenvalue weighted by atomic mass is 10.1. The van der Waals surface area contributed by atoms with Gasteiger partial charge in [-0.3, -0.25) is 5.22 Å². The lowest BCUT2D eigenvalue weighted by Gasteiger charge is -2.12. The minimum atomic E-state index is 0.593. The number of hydrogen-bond acceptors (Lipinski definition) is 1. The van der Waals surface area contributed by atoms with Gasteiger partial charge in [-0.2, -0.15) is 0 Å². The molecule has 0 spiro atoms. The molecule has 1 rings (SSSR count). The summed E-state index contributed by atoms with van der Waals surface area (Å²) in [6, 6.07) is 7.74. The van der Waals surface area contributed by atoms with Crippen molar-refractivity contribution in [1.82, 2.24) is 5.43 Å². The van der Waals surface area contributed by atoms with Crippen LogP contribution in [0.5, 0.6) is 0 Å². The van der Waals surface area contributed by atoms with E-state index >= 15 is 0 Å². The van der Waals surface area contributed by atoms with Crippen LogP contribution >= 0.6 is 0 Å². The van der Waals surface area contributed by atoms with Crippen molar-refractivity contribution in [3.63, 3.8) is 0 Å². The van der Waals surface area contributed by atoms with E-state index in [1.165, 1.54) is 0 Å². The van der Waals surface area contributed by atoms with Crippen LogP contribution in [0, 0.1) is 6.92 Å². The predicted molar refractivity (Wildman–Crippen MR) is 49.1 cm³/mol. The first kappa shape index (κ1) is 8.46. The molecular formula is C9H10N3-. The summed E-state index contributed by atoms with van der Waals surface area (Å²) >= 11 is 0. The van der Waals surface area contributed by atoms with E-state index in [4.69, 9.17) is 5.53 Å². The molecule has 3 heteroatoms. The number of rotatable bonds is 3. The Hall–Kier alpha value is -1.64. The van der Waals surface area contributed by atoms with Gasteiger partial charge >= 0.3 is 0 Å². The van der Waals surface area contributed by atoms with Gasteiger partial charge in [-0.05, 0) is 23.7 Å². The van der Waals surface area contributed by atoms with Crippen molar-refractivity contribution in [2.45, 2.75) is 6.92 Å². The molecule has 0 heterocycles. The van der Waals surface area contributed by atoms with E-state index in [-0.39, 0.29) is 0 Å². The molecule has 0 unspecified atom stereocenters. The maximum absolute atomic E-state index is 8.24. The average molecular weight is 160 g/mol. The Morgan fingerprint density at radius 3 is 2.75 bits per heavy atom. The first-order valence-corrected chi connectivity index (χ1v) is 3.60. The predicted octanol–water partition coefficient (Wildman–Crippen LogP) is 2.49. The fourth-order valence-corrected chi connectivity index (χ4v) is 1.03. The summed E-state index contributed by atoms with van der Waals surface area (Å²) < 4.78 is 0. The molecule has 0 aromatic heterocycles. The Kier molecular flexibility index (Phi) is 2.58. The van der Waals surface area contributed by atoms with Crippen molar-refractivity contribution in [2.24, 2.45) is 5.22 Å². The topological polar surface area (TPSA) is 46.7 Å². The molecule has 1 aromatic rings. The van der Waals surface area contributed by atoms with E-state index in [9.17, 15) is 0 Å². The molecule has 0 radical (unpaired) electrons. The van der Waals surface area contributed by atoms with Crippen LogP contribution in [-0.4, -0.2) is 0 Å². The minimum absolute atomic E-state index is 0.593. The molecule has 0 saturated heterocycles. The van der Waals surface area contributed by atoms with Gasteiger partial charge in [-0.25, -0.2) is 0 Å². The van der Waals surface area contributed by atoms with Crippen LogP contribution in [0.3, 0.4) is 0 Å². The third-order valence-electron chi connectivity index (χ3n) is 1.66. The normalized spacial score (nSPS) is 9.08. The zero-order valence-electron chi connectivity index (χ0n) is 6.91. The third kappa shape index (κ3) is 1.69. The maximum Gasteiger partial charge on any atom is -0.0191 e. The maximum atomic E-state index is 8.24. The molecule has 1 N–H and O–H groups in total. The van der Waals surface area contributed by atoms with Crippen molar-refractivity contribution < 1.29 is 0 Å². The fraction of sp³-hybridized carbons (Fsp3) is 0.111. The molecule has 0 saturated carbocycles. The van der Waals surface area contributed by atoms with Crippen LogP contribution in [0.1, 0.15) is 11.1 Å². The van der Waals surface area contributed by atoms with Crippen LogP contribution in [0.2, 0.25) is 0 Å². The summed E-state index contributed by atoms with van der Waals surface area (Å²) in [5.41, 5.74) is 13.3. The number of nitrogens with one attached hydrogen (secondary N) is 1. The molecule has 0 amide bonds. The van der Waals surface area contributed by atoms with Crippen molar-refractivity contribution in [1.29, 1.82) is 0 Å². The minimum Gasteiger partial charge on any atom is -0.387 e. The molecule has 12 heavy (non-hydrogen) atoms. The van der Waals surface area contributed by atoms with Crippen LogP contribution in [-0.2, 0) is 0 Å². The van der Waals surface area contributed by atoms with Crippen LogP contribution < -0.4 is 5.43 Å². The van der Waals surface area contributed by atoms with Crippen molar-refractivity contribution in [3.05, 3.63) is 47.5 Å². The Balaban J connectivity index is 2.94. The first-order chi connectivity index (χ1) is 5.75. The second-order valence-corrected chi connectivity index (χ2v) is 2.51. The van der Waals surface area contributed by atoms with Gasteiger partial charge in [0.2, 0.25) is 0 Å². The second kappa shape index (κ2) is 3.67. The van der Waals surface area contributed by atoms with Crippen LogP contribution in [0.15, 0.2) is 36.1 Å². The molecule has 0 bridgehead atoms. The van der Waals surface area contributed by atoms with E-state index < -0.39 is 0 Å². The van der Waals surface area contributed by atoms with E-state index in [0.29, 0.717) is 5.70 Å². The van der Waals surface area contributed by atoms with Gasteiger partial charge in [0.05, 0.1) is 0 Å². The summed E-state index contributed by atoms with van der Waals surface area (Å²) in [7, 11) is 0. The lowest BCUT2D eigenvalue weighted by Crippen LogP contribution is -2.02. The fourth-order valence-electron chi connectivity index (χ4n) is 1.03. The molecule has 1 aromatic carbocycles. The Labute approximate surface area is 71.6 Å². The highest BCUT2D eigenvalue weighted by Gasteiger charge is 1.95. The summed E-state index contributed by atoms with van der Waals surface area (Å²) in [4.78, 5) is 0. The SMILES string of the molecule is C=C(NN=[N-])c1ccccc1C. The van der Waals surface area contributed by atoms with Crippen molar-refractivity contribution >= 4 is 5.70 Å². The molecular weight excluding hydrogens is 150 g/mol. The largest absolute Gasteiger partial charge is 0.387 e. The summed E-state index contributed by atoms with van der Waals surface area (Å²) in [6.45, 7) is 5.68. The van der Waals surface area contributed by atoms with E-state index in [1.807, 2.05) is 31.2 Å². The van der Waals surface area contributed by atoms with Gasteiger partial charge in [-0.15, -0.1) is 0 Å². The summed E-state index contributed by atoms with van der Waals surface area (Å²) in [6.07, 6.45) is 0. The third-order valence-corrected chi connectivity index (χ3v) is 1.66. The van der Waals surface area contributed by atoms with Crippen molar-refractivity contribution in [3.8, 4) is 0 Å². The van der Waals surface area contributed by atoms with Gasteiger partial charge < -0.3 is 11.0 Å². The number of aryl methyl sites for hydroxylation is 1. The van der Waals surface area contributed by atoms with E-state index in [2.05, 4.69) is 17.2 Å². The van der Waals surface area contributed by atoms with Crippen LogP contribution in [0.25, 0.3) is 11.2 Å². The average Bonchev–Trinajstić information content (AvgIpc) is 2.05. The monoisotopic (exact) mass is 160 g/mol. The van der Waals surface area contributed by atoms with E-state index in [0.717, 1.165) is 11.1 Å². The van der Waals surface area contributed by atoms with E-state index in [1.54, 1.807) is 0 Å². The highest BCUT2D eigenvalue weighted by atomic mass is 15.4. The van der Waals surface area contributed by atoms with Gasteiger partial charge in [0, 0.05) is 0 Å². The number of nitrogens with zero attached hydrogens (tertiary/aromatic N) is 2. The van der Waals surface area contributed by atoms with Gasteiger partial charge in [-0.1, -0.05) is 30.8 Å². The highest BCUT2D eigenvalue weighted by Crippen LogP contribution is 2.13. The molecule has 0 aliphatic rings. The molecule has 0 fully saturated rings. The molecule has 0 aliphatic carbocycles. The zero-order chi connectivity index (χ0) is 8.97. The Morgan fingerprint density at radius 2 is 2.17 bits per heavy atom. The van der Waals surface area contributed by atoms with Gasteiger partial charge in [0.15, 0.2) is 0 Å². The molecule has 3 nitrogen and oxygen atoms in total. The van der Waals surface area contributed by atoms with Crippen LogP contribution in [0.4, 0.5) is 0 Å². The summed E-state index contributed by atoms with van der Waals surface area (Å²) in [5.74, 6) is 0. The first-order valence-electron chi connectivity index (χ1n) is 3.60. The molecule has 0 atom stereocenters. The molecule has 0 aliphatic heterocycles. The quantitative estimate of drug-likeness (QED) is 0.536. The Bertz CT molecular complexity index is 304. The number of hydrogen-bond donors (Lipinski definition) is 1. The van der Waals surface area contributed by atoms with Gasteiger partial charge in [0.1, 0.15) is 0 Å². The zero-order valence-corrected chi connectivity index (χ0v) is 6.91. The Morgan fingerprint density at radius 1 is 1.50 bits per heavy atom. The second-order valence-electron chi connectivity index (χ2n) is 2.51. The smallest absolute Gasteiger partial charge is 0.0191 e. The number of benzene rings is 1. The van der Waals surface area contributed by atoms with Gasteiger partial charge in [0.25, 0.3) is 0 Å². The standard InChI is InChI=1S/C9H10N3/c1-7-5-3-4-6-9(7)8(2)11-12-10/h3-6H,2H2,1H3,(H-,10,11)/q-1. The highest BCUT2D eigenvalue weighted by molar-refractivity contribution is 5.64. The molecule has 62 valence electrons. The van der Waals surface area contributed by atoms with Crippen molar-refractivity contribution in [2.75, 3.05) is 0 Å².